The fourth-order valence-electron chi connectivity index (χ4n) is 4.19. The lowest BCUT2D eigenvalue weighted by molar-refractivity contribution is -0.133. The molecule has 1 heterocycles. The number of likely N-dealkylation sites (N-methyl/N-ethyl adjacent to an activating group) is 1. The van der Waals surface area contributed by atoms with Crippen LogP contribution in [0, 0.1) is 5.92 Å². The number of carbonyl (C=O) groups excluding carboxylic acids is 2. The molecule has 8 heteroatoms. The van der Waals surface area contributed by atoms with E-state index in [9.17, 15) is 9.59 Å². The third-order valence-corrected chi connectivity index (χ3v) is 5.89. The molecule has 3 rings (SSSR count). The Morgan fingerprint density at radius 3 is 2.29 bits per heavy atom. The molecule has 0 bridgehead atoms. The van der Waals surface area contributed by atoms with Gasteiger partial charge in [0.15, 0.2) is 0 Å². The van der Waals surface area contributed by atoms with Crippen LogP contribution in [0.15, 0.2) is 29.4 Å². The SMILES string of the molecule is CNC(=O)[C@@H]1[C@@H](C(=O)NC)/C(=N\Nc2ccc(Cl)cc2)CN1C1CCCCC1. The molecule has 1 saturated heterocycles. The molecule has 152 valence electrons. The van der Waals surface area contributed by atoms with E-state index < -0.39 is 12.0 Å². The van der Waals surface area contributed by atoms with Crippen molar-refractivity contribution in [3.63, 3.8) is 0 Å². The molecule has 2 amide bonds. The number of amides is 2. The van der Waals surface area contributed by atoms with Crippen molar-refractivity contribution in [3.05, 3.63) is 29.3 Å². The van der Waals surface area contributed by atoms with E-state index in [4.69, 9.17) is 11.6 Å². The summed E-state index contributed by atoms with van der Waals surface area (Å²) in [7, 11) is 3.21. The van der Waals surface area contributed by atoms with Gasteiger partial charge in [-0.1, -0.05) is 30.9 Å². The number of hydrogen-bond acceptors (Lipinski definition) is 5. The van der Waals surface area contributed by atoms with Crippen LogP contribution in [0.5, 0.6) is 0 Å². The highest BCUT2D eigenvalue weighted by molar-refractivity contribution is 6.30. The predicted octanol–water partition coefficient (Wildman–Crippen LogP) is 2.23. The molecule has 0 aromatic heterocycles. The van der Waals surface area contributed by atoms with Gasteiger partial charge in [0.2, 0.25) is 11.8 Å². The molecule has 0 unspecified atom stereocenters. The largest absolute Gasteiger partial charge is 0.359 e. The Bertz CT molecular complexity index is 731. The average molecular weight is 406 g/mol. The maximum atomic E-state index is 12.7. The number of anilines is 1. The van der Waals surface area contributed by atoms with Gasteiger partial charge in [-0.25, -0.2) is 0 Å². The monoisotopic (exact) mass is 405 g/mol. The van der Waals surface area contributed by atoms with Gasteiger partial charge in [0.1, 0.15) is 12.0 Å². The van der Waals surface area contributed by atoms with Crippen molar-refractivity contribution in [1.29, 1.82) is 0 Å². The van der Waals surface area contributed by atoms with Crippen molar-refractivity contribution in [2.24, 2.45) is 11.0 Å². The molecule has 1 aromatic rings. The maximum Gasteiger partial charge on any atom is 0.238 e. The summed E-state index contributed by atoms with van der Waals surface area (Å²) in [5, 5.41) is 10.6. The van der Waals surface area contributed by atoms with E-state index in [0.29, 0.717) is 23.3 Å². The van der Waals surface area contributed by atoms with Crippen LogP contribution >= 0.6 is 11.6 Å². The predicted molar refractivity (Wildman–Crippen MR) is 112 cm³/mol. The van der Waals surface area contributed by atoms with Crippen molar-refractivity contribution in [3.8, 4) is 0 Å². The number of carbonyl (C=O) groups is 2. The Labute approximate surface area is 170 Å². The number of hydrazone groups is 1. The smallest absolute Gasteiger partial charge is 0.238 e. The Morgan fingerprint density at radius 2 is 1.68 bits per heavy atom. The molecule has 1 saturated carbocycles. The van der Waals surface area contributed by atoms with Crippen LogP contribution in [0.4, 0.5) is 5.69 Å². The molecule has 2 aliphatic rings. The first-order chi connectivity index (χ1) is 13.5. The molecule has 3 N–H and O–H groups in total. The zero-order chi connectivity index (χ0) is 20.1. The molecule has 1 aliphatic heterocycles. The van der Waals surface area contributed by atoms with E-state index in [1.807, 2.05) is 12.1 Å². The van der Waals surface area contributed by atoms with Crippen LogP contribution < -0.4 is 16.1 Å². The summed E-state index contributed by atoms with van der Waals surface area (Å²) >= 11 is 5.93. The number of benzene rings is 1. The third-order valence-electron chi connectivity index (χ3n) is 5.64. The van der Waals surface area contributed by atoms with Gasteiger partial charge in [0, 0.05) is 31.7 Å². The van der Waals surface area contributed by atoms with Gasteiger partial charge in [0.25, 0.3) is 0 Å². The zero-order valence-electron chi connectivity index (χ0n) is 16.4. The molecule has 28 heavy (non-hydrogen) atoms. The third kappa shape index (κ3) is 4.47. The molecule has 0 radical (unpaired) electrons. The minimum absolute atomic E-state index is 0.143. The van der Waals surface area contributed by atoms with Crippen LogP contribution in [0.2, 0.25) is 5.02 Å². The minimum atomic E-state index is -0.619. The second kappa shape index (κ2) is 9.39. The summed E-state index contributed by atoms with van der Waals surface area (Å²) < 4.78 is 0. The van der Waals surface area contributed by atoms with Crippen molar-refractivity contribution < 1.29 is 9.59 Å². The topological polar surface area (TPSA) is 85.8 Å². The van der Waals surface area contributed by atoms with Gasteiger partial charge in [-0.15, -0.1) is 0 Å². The zero-order valence-corrected chi connectivity index (χ0v) is 17.1. The van der Waals surface area contributed by atoms with Gasteiger partial charge < -0.3 is 10.6 Å². The Morgan fingerprint density at radius 1 is 1.04 bits per heavy atom. The second-order valence-corrected chi connectivity index (χ2v) is 7.77. The van der Waals surface area contributed by atoms with E-state index in [1.54, 1.807) is 26.2 Å². The normalized spacial score (nSPS) is 24.9. The van der Waals surface area contributed by atoms with Gasteiger partial charge in [-0.2, -0.15) is 5.10 Å². The standard InChI is InChI=1S/C20H28ClN5O2/c1-22-19(27)17-16(25-24-14-10-8-13(21)9-11-14)12-26(18(17)20(28)23-2)15-6-4-3-5-7-15/h8-11,15,17-18,24H,3-7,12H2,1-2H3,(H,22,27)(H,23,28)/b25-16-/t17-,18-/m0/s1. The first-order valence-electron chi connectivity index (χ1n) is 9.82. The first kappa shape index (κ1) is 20.6. The van der Waals surface area contributed by atoms with E-state index >= 15 is 0 Å². The summed E-state index contributed by atoms with van der Waals surface area (Å²) in [4.78, 5) is 27.6. The highest BCUT2D eigenvalue weighted by Gasteiger charge is 2.49. The molecule has 2 fully saturated rings. The Balaban J connectivity index is 1.90. The average Bonchev–Trinajstić information content (AvgIpc) is 3.12. The number of nitrogens with one attached hydrogen (secondary N) is 3. The Kier molecular flexibility index (Phi) is 6.91. The van der Waals surface area contributed by atoms with Gasteiger partial charge in [-0.3, -0.25) is 19.9 Å². The number of likely N-dealkylation sites (tertiary alicyclic amines) is 1. The second-order valence-electron chi connectivity index (χ2n) is 7.34. The quantitative estimate of drug-likeness (QED) is 0.656. The molecular weight excluding hydrogens is 378 g/mol. The lowest BCUT2D eigenvalue weighted by Crippen LogP contribution is -2.52. The fraction of sp³-hybridized carbons (Fsp3) is 0.550. The van der Waals surface area contributed by atoms with E-state index in [2.05, 4.69) is 26.1 Å². The summed E-state index contributed by atoms with van der Waals surface area (Å²) in [6.45, 7) is 0.501. The van der Waals surface area contributed by atoms with Crippen LogP contribution in [-0.2, 0) is 9.59 Å². The molecule has 0 spiro atoms. The highest BCUT2D eigenvalue weighted by atomic mass is 35.5. The molecule has 1 aromatic carbocycles. The lowest BCUT2D eigenvalue weighted by atomic mass is 9.92. The number of hydrogen-bond donors (Lipinski definition) is 3. The summed E-state index contributed by atoms with van der Waals surface area (Å²) in [5.41, 5.74) is 4.47. The van der Waals surface area contributed by atoms with Crippen molar-refractivity contribution in [2.75, 3.05) is 26.1 Å². The van der Waals surface area contributed by atoms with Gasteiger partial charge in [-0.05, 0) is 37.1 Å². The summed E-state index contributed by atoms with van der Waals surface area (Å²) in [6.07, 6.45) is 5.63. The van der Waals surface area contributed by atoms with Crippen LogP contribution in [0.3, 0.4) is 0 Å². The van der Waals surface area contributed by atoms with Gasteiger partial charge >= 0.3 is 0 Å². The summed E-state index contributed by atoms with van der Waals surface area (Å²) in [6, 6.07) is 6.95. The fourth-order valence-corrected chi connectivity index (χ4v) is 4.32. The van der Waals surface area contributed by atoms with Crippen LogP contribution in [0.1, 0.15) is 32.1 Å². The van der Waals surface area contributed by atoms with Crippen molar-refractivity contribution in [2.45, 2.75) is 44.2 Å². The van der Waals surface area contributed by atoms with Gasteiger partial charge in [0.05, 0.1) is 11.4 Å². The van der Waals surface area contributed by atoms with Crippen molar-refractivity contribution >= 4 is 34.8 Å². The highest BCUT2D eigenvalue weighted by Crippen LogP contribution is 2.32. The molecule has 2 atom stereocenters. The lowest BCUT2D eigenvalue weighted by Gasteiger charge is -2.35. The van der Waals surface area contributed by atoms with Crippen molar-refractivity contribution in [1.82, 2.24) is 15.5 Å². The van der Waals surface area contributed by atoms with Crippen LogP contribution in [-0.4, -0.2) is 55.1 Å². The number of nitrogens with zero attached hydrogens (tertiary/aromatic N) is 2. The Hall–Kier alpha value is -2.12. The van der Waals surface area contributed by atoms with E-state index in [-0.39, 0.29) is 11.8 Å². The minimum Gasteiger partial charge on any atom is -0.359 e. The number of halogens is 1. The van der Waals surface area contributed by atoms with E-state index in [0.717, 1.165) is 31.4 Å². The first-order valence-corrected chi connectivity index (χ1v) is 10.2. The number of rotatable bonds is 5. The molecule has 7 nitrogen and oxygen atoms in total. The molecule has 1 aliphatic carbocycles. The summed E-state index contributed by atoms with van der Waals surface area (Å²) in [5.74, 6) is -0.953. The van der Waals surface area contributed by atoms with E-state index in [1.165, 1.54) is 6.42 Å². The maximum absolute atomic E-state index is 12.7. The van der Waals surface area contributed by atoms with Crippen LogP contribution in [0.25, 0.3) is 0 Å². The molecular formula is C20H28ClN5O2.